The Morgan fingerprint density at radius 1 is 1.53 bits per heavy atom. The van der Waals surface area contributed by atoms with Gasteiger partial charge < -0.3 is 4.42 Å². The molecule has 0 saturated carbocycles. The minimum atomic E-state index is -0.228. The molecule has 0 aliphatic carbocycles. The molecule has 1 heterocycles. The van der Waals surface area contributed by atoms with Crippen LogP contribution in [0.25, 0.3) is 0 Å². The van der Waals surface area contributed by atoms with Crippen molar-refractivity contribution < 1.29 is 4.42 Å². The fourth-order valence-electron chi connectivity index (χ4n) is 0.985. The van der Waals surface area contributed by atoms with Gasteiger partial charge in [0.15, 0.2) is 5.22 Å². The van der Waals surface area contributed by atoms with Gasteiger partial charge in [-0.3, -0.25) is 0 Å². The quantitative estimate of drug-likeness (QED) is 0.731. The van der Waals surface area contributed by atoms with E-state index in [-0.39, 0.29) is 5.41 Å². The predicted octanol–water partition coefficient (Wildman–Crippen LogP) is 4.11. The van der Waals surface area contributed by atoms with Gasteiger partial charge in [-0.1, -0.05) is 0 Å². The van der Waals surface area contributed by atoms with E-state index in [1.54, 1.807) is 17.8 Å². The van der Waals surface area contributed by atoms with Crippen LogP contribution in [0.5, 0.6) is 0 Å². The molecule has 1 aromatic rings. The first-order valence-electron chi connectivity index (χ1n) is 4.77. The number of hydrogen-bond acceptors (Lipinski definition) is 3. The highest BCUT2D eigenvalue weighted by Gasteiger charge is 2.15. The van der Waals surface area contributed by atoms with Crippen molar-refractivity contribution in [3.8, 4) is 6.07 Å². The summed E-state index contributed by atoms with van der Waals surface area (Å²) in [5, 5.41) is 9.25. The van der Waals surface area contributed by atoms with Crippen LogP contribution in [0, 0.1) is 16.7 Å². The van der Waals surface area contributed by atoms with Crippen molar-refractivity contribution in [1.82, 2.24) is 0 Å². The topological polar surface area (TPSA) is 36.9 Å². The lowest BCUT2D eigenvalue weighted by atomic mass is 9.93. The van der Waals surface area contributed by atoms with Gasteiger partial charge in [0.2, 0.25) is 0 Å². The normalized spacial score (nSPS) is 11.3. The molecule has 0 aliphatic rings. The molecule has 0 amide bonds. The zero-order valence-corrected chi connectivity index (χ0v) is 10.5. The number of hydrogen-bond donors (Lipinski definition) is 0. The maximum absolute atomic E-state index is 8.82. The highest BCUT2D eigenvalue weighted by atomic mass is 35.5. The Labute approximate surface area is 99.6 Å². The van der Waals surface area contributed by atoms with Gasteiger partial charge in [-0.25, -0.2) is 0 Å². The second kappa shape index (κ2) is 5.48. The van der Waals surface area contributed by atoms with Crippen molar-refractivity contribution in [1.29, 1.82) is 5.26 Å². The zero-order chi connectivity index (χ0) is 11.3. The summed E-state index contributed by atoms with van der Waals surface area (Å²) in [6.07, 6.45) is 0.891. The predicted molar refractivity (Wildman–Crippen MR) is 63.9 cm³/mol. The van der Waals surface area contributed by atoms with Crippen molar-refractivity contribution in [3.63, 3.8) is 0 Å². The first kappa shape index (κ1) is 12.5. The third-order valence-electron chi connectivity index (χ3n) is 2.05. The molecule has 0 bridgehead atoms. The van der Waals surface area contributed by atoms with Crippen molar-refractivity contribution in [3.05, 3.63) is 23.1 Å². The number of halogens is 1. The van der Waals surface area contributed by atoms with Crippen LogP contribution in [0.4, 0.5) is 0 Å². The second-order valence-corrected chi connectivity index (χ2v) is 5.48. The van der Waals surface area contributed by atoms with Crippen LogP contribution < -0.4 is 0 Å². The monoisotopic (exact) mass is 243 g/mol. The third-order valence-corrected chi connectivity index (χ3v) is 3.23. The Balaban J connectivity index is 2.21. The molecule has 1 aromatic heterocycles. The second-order valence-electron chi connectivity index (χ2n) is 4.00. The number of furan rings is 1. The van der Waals surface area contributed by atoms with Crippen LogP contribution in [0.2, 0.25) is 5.22 Å². The summed E-state index contributed by atoms with van der Waals surface area (Å²) in [4.78, 5) is 0. The van der Waals surface area contributed by atoms with Gasteiger partial charge in [0.25, 0.3) is 0 Å². The summed E-state index contributed by atoms with van der Waals surface area (Å²) in [5.41, 5.74) is -0.228. The molecule has 0 radical (unpaired) electrons. The van der Waals surface area contributed by atoms with Crippen LogP contribution in [0.1, 0.15) is 26.0 Å². The summed E-state index contributed by atoms with van der Waals surface area (Å²) in [6, 6.07) is 5.91. The Morgan fingerprint density at radius 3 is 2.80 bits per heavy atom. The Kier molecular flexibility index (Phi) is 4.56. The molecule has 15 heavy (non-hydrogen) atoms. The van der Waals surface area contributed by atoms with E-state index in [1.807, 2.05) is 19.9 Å². The van der Waals surface area contributed by atoms with Crippen molar-refractivity contribution in [2.75, 3.05) is 5.75 Å². The Hall–Kier alpha value is -0.590. The molecular formula is C11H14ClNOS. The summed E-state index contributed by atoms with van der Waals surface area (Å²) in [6.45, 7) is 3.91. The van der Waals surface area contributed by atoms with Gasteiger partial charge >= 0.3 is 0 Å². The minimum absolute atomic E-state index is 0.228. The van der Waals surface area contributed by atoms with E-state index in [0.29, 0.717) is 5.22 Å². The SMILES string of the molecule is CC(C)(C#N)CCSCc1ccc(Cl)o1. The maximum Gasteiger partial charge on any atom is 0.193 e. The van der Waals surface area contributed by atoms with Crippen LogP contribution >= 0.6 is 23.4 Å². The molecule has 0 aliphatic heterocycles. The van der Waals surface area contributed by atoms with E-state index >= 15 is 0 Å². The van der Waals surface area contributed by atoms with E-state index in [9.17, 15) is 0 Å². The van der Waals surface area contributed by atoms with E-state index in [0.717, 1.165) is 23.7 Å². The molecular weight excluding hydrogens is 230 g/mol. The van der Waals surface area contributed by atoms with Gasteiger partial charge in [0.05, 0.1) is 17.2 Å². The largest absolute Gasteiger partial charge is 0.449 e. The van der Waals surface area contributed by atoms with E-state index in [1.165, 1.54) is 0 Å². The highest BCUT2D eigenvalue weighted by molar-refractivity contribution is 7.98. The molecule has 0 unspecified atom stereocenters. The minimum Gasteiger partial charge on any atom is -0.449 e. The van der Waals surface area contributed by atoms with Gasteiger partial charge in [-0.15, -0.1) is 0 Å². The van der Waals surface area contributed by atoms with Gasteiger partial charge in [0.1, 0.15) is 5.76 Å². The van der Waals surface area contributed by atoms with E-state index < -0.39 is 0 Å². The van der Waals surface area contributed by atoms with Gasteiger partial charge in [-0.2, -0.15) is 17.0 Å². The lowest BCUT2D eigenvalue weighted by Crippen LogP contribution is -2.08. The number of rotatable bonds is 5. The van der Waals surface area contributed by atoms with Crippen LogP contribution in [0.3, 0.4) is 0 Å². The molecule has 0 spiro atoms. The molecule has 1 rings (SSSR count). The standard InChI is InChI=1S/C11H14ClNOS/c1-11(2,8-13)5-6-15-7-9-3-4-10(12)14-9/h3-4H,5-7H2,1-2H3. The molecule has 82 valence electrons. The number of nitrogens with zero attached hydrogens (tertiary/aromatic N) is 1. The van der Waals surface area contributed by atoms with E-state index in [2.05, 4.69) is 6.07 Å². The number of thioether (sulfide) groups is 1. The Bertz CT molecular complexity index is 354. The first-order chi connectivity index (χ1) is 7.03. The average Bonchev–Trinajstić information content (AvgIpc) is 2.59. The molecule has 0 aromatic carbocycles. The van der Waals surface area contributed by atoms with Crippen molar-refractivity contribution >= 4 is 23.4 Å². The Morgan fingerprint density at radius 2 is 2.27 bits per heavy atom. The lowest BCUT2D eigenvalue weighted by Gasteiger charge is -2.13. The molecule has 4 heteroatoms. The average molecular weight is 244 g/mol. The van der Waals surface area contributed by atoms with Gasteiger partial charge in [0, 0.05) is 0 Å². The fraction of sp³-hybridized carbons (Fsp3) is 0.545. The molecule has 0 saturated heterocycles. The van der Waals surface area contributed by atoms with Gasteiger partial charge in [-0.05, 0) is 49.8 Å². The fourth-order valence-corrected chi connectivity index (χ4v) is 2.30. The maximum atomic E-state index is 8.82. The van der Waals surface area contributed by atoms with Crippen molar-refractivity contribution in [2.45, 2.75) is 26.0 Å². The smallest absolute Gasteiger partial charge is 0.193 e. The summed E-state index contributed by atoms with van der Waals surface area (Å²) in [5.74, 6) is 2.66. The highest BCUT2D eigenvalue weighted by Crippen LogP contribution is 2.24. The molecule has 0 atom stereocenters. The first-order valence-corrected chi connectivity index (χ1v) is 6.30. The van der Waals surface area contributed by atoms with Crippen molar-refractivity contribution in [2.24, 2.45) is 5.41 Å². The number of nitriles is 1. The third kappa shape index (κ3) is 4.63. The lowest BCUT2D eigenvalue weighted by molar-refractivity contribution is 0.481. The molecule has 0 fully saturated rings. The zero-order valence-electron chi connectivity index (χ0n) is 8.92. The van der Waals surface area contributed by atoms with E-state index in [4.69, 9.17) is 21.3 Å². The summed E-state index contributed by atoms with van der Waals surface area (Å²) in [7, 11) is 0. The van der Waals surface area contributed by atoms with Crippen LogP contribution in [-0.4, -0.2) is 5.75 Å². The van der Waals surface area contributed by atoms with Crippen LogP contribution in [-0.2, 0) is 5.75 Å². The molecule has 2 nitrogen and oxygen atoms in total. The summed E-state index contributed by atoms with van der Waals surface area (Å²) < 4.78 is 5.22. The molecule has 0 N–H and O–H groups in total. The summed E-state index contributed by atoms with van der Waals surface area (Å²) >= 11 is 7.41. The van der Waals surface area contributed by atoms with Crippen LogP contribution in [0.15, 0.2) is 16.5 Å².